The van der Waals surface area contributed by atoms with E-state index in [2.05, 4.69) is 13.8 Å². The highest BCUT2D eigenvalue weighted by Crippen LogP contribution is 2.12. The fourth-order valence-corrected chi connectivity index (χ4v) is 3.07. The molecular formula is C23H44O4. The number of hydrogen-bond donors (Lipinski definition) is 0. The lowest BCUT2D eigenvalue weighted by molar-refractivity contribution is -0.154. The predicted octanol–water partition coefficient (Wildman–Crippen LogP) is 6.74. The summed E-state index contributed by atoms with van der Waals surface area (Å²) in [5.41, 5.74) is 0. The van der Waals surface area contributed by atoms with E-state index in [1.807, 2.05) is 6.92 Å². The molecule has 1 unspecified atom stereocenters. The third-order valence-corrected chi connectivity index (χ3v) is 4.93. The van der Waals surface area contributed by atoms with Crippen LogP contribution in [0.25, 0.3) is 0 Å². The summed E-state index contributed by atoms with van der Waals surface area (Å²) in [5, 5.41) is 0. The lowest BCUT2D eigenvalue weighted by Crippen LogP contribution is -2.18. The van der Waals surface area contributed by atoms with E-state index in [4.69, 9.17) is 9.47 Å². The fourth-order valence-electron chi connectivity index (χ4n) is 3.07. The van der Waals surface area contributed by atoms with Crippen LogP contribution in [0.1, 0.15) is 124 Å². The number of unbranched alkanes of at least 4 members (excludes halogenated alkanes) is 10. The molecule has 0 heterocycles. The molecule has 4 heteroatoms. The molecule has 0 aliphatic rings. The van der Waals surface area contributed by atoms with E-state index in [9.17, 15) is 9.59 Å². The molecule has 0 spiro atoms. The van der Waals surface area contributed by atoms with Gasteiger partial charge in [0.05, 0.1) is 19.4 Å². The predicted molar refractivity (Wildman–Crippen MR) is 112 cm³/mol. The third-order valence-electron chi connectivity index (χ3n) is 4.93. The molecule has 0 aromatic heterocycles. The van der Waals surface area contributed by atoms with Crippen molar-refractivity contribution in [3.8, 4) is 0 Å². The van der Waals surface area contributed by atoms with Crippen molar-refractivity contribution in [2.24, 2.45) is 0 Å². The van der Waals surface area contributed by atoms with Crippen LogP contribution in [0.4, 0.5) is 0 Å². The first-order valence-corrected chi connectivity index (χ1v) is 11.5. The highest BCUT2D eigenvalue weighted by Gasteiger charge is 2.14. The summed E-state index contributed by atoms with van der Waals surface area (Å²) < 4.78 is 10.6. The molecule has 0 aliphatic heterocycles. The minimum Gasteiger partial charge on any atom is -0.466 e. The molecule has 0 radical (unpaired) electrons. The largest absolute Gasteiger partial charge is 0.466 e. The van der Waals surface area contributed by atoms with Crippen molar-refractivity contribution in [3.63, 3.8) is 0 Å². The van der Waals surface area contributed by atoms with Gasteiger partial charge in [0.25, 0.3) is 0 Å². The lowest BCUT2D eigenvalue weighted by atomic mass is 10.1. The monoisotopic (exact) mass is 384 g/mol. The Balaban J connectivity index is 3.49. The Bertz CT molecular complexity index is 354. The SMILES string of the molecule is CCCCCCCCCCCCOC(=O)CCC(=O)OC(CC)CCCC. The molecule has 0 amide bonds. The molecule has 4 nitrogen and oxygen atoms in total. The first-order chi connectivity index (χ1) is 13.1. The second-order valence-electron chi connectivity index (χ2n) is 7.56. The van der Waals surface area contributed by atoms with Gasteiger partial charge in [-0.25, -0.2) is 0 Å². The summed E-state index contributed by atoms with van der Waals surface area (Å²) in [6.07, 6.45) is 16.7. The molecule has 0 aliphatic carbocycles. The van der Waals surface area contributed by atoms with E-state index >= 15 is 0 Å². The van der Waals surface area contributed by atoms with Gasteiger partial charge >= 0.3 is 11.9 Å². The Kier molecular flexibility index (Phi) is 18.9. The van der Waals surface area contributed by atoms with Crippen LogP contribution in [0.3, 0.4) is 0 Å². The number of esters is 2. The molecule has 0 bridgehead atoms. The number of carbonyl (C=O) groups excluding carboxylic acids is 2. The van der Waals surface area contributed by atoms with Crippen LogP contribution in [0, 0.1) is 0 Å². The van der Waals surface area contributed by atoms with Crippen molar-refractivity contribution in [1.29, 1.82) is 0 Å². The van der Waals surface area contributed by atoms with Crippen molar-refractivity contribution < 1.29 is 19.1 Å². The van der Waals surface area contributed by atoms with Gasteiger partial charge in [-0.05, 0) is 19.3 Å². The van der Waals surface area contributed by atoms with Gasteiger partial charge in [0.2, 0.25) is 0 Å². The molecule has 0 saturated carbocycles. The molecule has 0 fully saturated rings. The third kappa shape index (κ3) is 18.1. The van der Waals surface area contributed by atoms with E-state index in [1.54, 1.807) is 0 Å². The van der Waals surface area contributed by atoms with E-state index in [1.165, 1.54) is 51.4 Å². The Hall–Kier alpha value is -1.06. The van der Waals surface area contributed by atoms with Crippen LogP contribution in [-0.2, 0) is 19.1 Å². The number of ether oxygens (including phenoxy) is 2. The molecule has 0 rings (SSSR count). The van der Waals surface area contributed by atoms with Gasteiger partial charge < -0.3 is 9.47 Å². The maximum Gasteiger partial charge on any atom is 0.306 e. The normalized spacial score (nSPS) is 12.0. The van der Waals surface area contributed by atoms with Gasteiger partial charge in [0.1, 0.15) is 6.10 Å². The Morgan fingerprint density at radius 3 is 1.74 bits per heavy atom. The number of carbonyl (C=O) groups is 2. The fraction of sp³-hybridized carbons (Fsp3) is 0.913. The molecule has 0 aromatic carbocycles. The molecule has 1 atom stereocenters. The smallest absolute Gasteiger partial charge is 0.306 e. The van der Waals surface area contributed by atoms with Crippen molar-refractivity contribution in [2.45, 2.75) is 130 Å². The zero-order valence-corrected chi connectivity index (χ0v) is 18.2. The van der Waals surface area contributed by atoms with Crippen LogP contribution >= 0.6 is 0 Å². The van der Waals surface area contributed by atoms with Crippen LogP contribution in [-0.4, -0.2) is 24.6 Å². The maximum absolute atomic E-state index is 11.8. The Morgan fingerprint density at radius 2 is 1.19 bits per heavy atom. The summed E-state index contributed by atoms with van der Waals surface area (Å²) in [5.74, 6) is -0.571. The molecular weight excluding hydrogens is 340 g/mol. The van der Waals surface area contributed by atoms with Crippen molar-refractivity contribution in [1.82, 2.24) is 0 Å². The Morgan fingerprint density at radius 1 is 0.667 bits per heavy atom. The van der Waals surface area contributed by atoms with Crippen molar-refractivity contribution >= 4 is 11.9 Å². The van der Waals surface area contributed by atoms with Gasteiger partial charge in [-0.2, -0.15) is 0 Å². The summed E-state index contributed by atoms with van der Waals surface area (Å²) in [6, 6.07) is 0. The van der Waals surface area contributed by atoms with Crippen molar-refractivity contribution in [3.05, 3.63) is 0 Å². The second-order valence-corrected chi connectivity index (χ2v) is 7.56. The van der Waals surface area contributed by atoms with Crippen molar-refractivity contribution in [2.75, 3.05) is 6.61 Å². The minimum absolute atomic E-state index is 0.0138. The lowest BCUT2D eigenvalue weighted by Gasteiger charge is -2.15. The highest BCUT2D eigenvalue weighted by atomic mass is 16.5. The molecule has 0 aromatic rings. The van der Waals surface area contributed by atoms with Crippen LogP contribution in [0.2, 0.25) is 0 Å². The van der Waals surface area contributed by atoms with Crippen LogP contribution in [0.5, 0.6) is 0 Å². The van der Waals surface area contributed by atoms with Gasteiger partial charge in [-0.1, -0.05) is 91.4 Å². The van der Waals surface area contributed by atoms with E-state index in [0.29, 0.717) is 6.61 Å². The van der Waals surface area contributed by atoms with Gasteiger partial charge in [-0.15, -0.1) is 0 Å². The van der Waals surface area contributed by atoms with Gasteiger partial charge in [-0.3, -0.25) is 9.59 Å². The van der Waals surface area contributed by atoms with Gasteiger partial charge in [0.15, 0.2) is 0 Å². The van der Waals surface area contributed by atoms with Crippen LogP contribution < -0.4 is 0 Å². The first kappa shape index (κ1) is 25.9. The standard InChI is InChI=1S/C23H44O4/c1-4-7-9-10-11-12-13-14-15-16-20-26-22(24)18-19-23(25)27-21(6-3)17-8-5-2/h21H,4-20H2,1-3H3. The second kappa shape index (κ2) is 19.7. The number of hydrogen-bond acceptors (Lipinski definition) is 4. The van der Waals surface area contributed by atoms with Gasteiger partial charge in [0, 0.05) is 0 Å². The highest BCUT2D eigenvalue weighted by molar-refractivity contribution is 5.77. The zero-order valence-electron chi connectivity index (χ0n) is 18.2. The van der Waals surface area contributed by atoms with E-state index < -0.39 is 0 Å². The average molecular weight is 385 g/mol. The summed E-state index contributed by atoms with van der Waals surface area (Å²) in [4.78, 5) is 23.5. The Labute approximate surface area is 167 Å². The average Bonchev–Trinajstić information content (AvgIpc) is 2.67. The summed E-state index contributed by atoms with van der Waals surface area (Å²) >= 11 is 0. The quantitative estimate of drug-likeness (QED) is 0.183. The maximum atomic E-state index is 11.8. The van der Waals surface area contributed by atoms with Crippen LogP contribution in [0.15, 0.2) is 0 Å². The molecule has 0 saturated heterocycles. The zero-order chi connectivity index (χ0) is 20.2. The van der Waals surface area contributed by atoms with E-state index in [0.717, 1.165) is 38.5 Å². The molecule has 160 valence electrons. The first-order valence-electron chi connectivity index (χ1n) is 11.5. The molecule has 27 heavy (non-hydrogen) atoms. The summed E-state index contributed by atoms with van der Waals surface area (Å²) in [6.45, 7) is 6.86. The summed E-state index contributed by atoms with van der Waals surface area (Å²) in [7, 11) is 0. The topological polar surface area (TPSA) is 52.6 Å². The molecule has 0 N–H and O–H groups in total. The minimum atomic E-state index is -0.288. The van der Waals surface area contributed by atoms with E-state index in [-0.39, 0.29) is 30.9 Å². The number of rotatable bonds is 19.